The topological polar surface area (TPSA) is 40.5 Å². The highest BCUT2D eigenvalue weighted by molar-refractivity contribution is 5.71. The van der Waals surface area contributed by atoms with Gasteiger partial charge in [0.05, 0.1) is 5.92 Å². The summed E-state index contributed by atoms with van der Waals surface area (Å²) in [4.78, 5) is 13.8. The number of piperidine rings is 1. The molecule has 0 aromatic carbocycles. The van der Waals surface area contributed by atoms with Crippen LogP contribution in [-0.2, 0) is 4.79 Å². The molecule has 0 aromatic rings. The van der Waals surface area contributed by atoms with Crippen LogP contribution in [-0.4, -0.2) is 35.1 Å². The number of carbonyl (C=O) groups is 1. The van der Waals surface area contributed by atoms with Gasteiger partial charge in [-0.05, 0) is 44.1 Å². The van der Waals surface area contributed by atoms with Crippen molar-refractivity contribution in [3.8, 4) is 0 Å². The van der Waals surface area contributed by atoms with Gasteiger partial charge in [-0.15, -0.1) is 0 Å². The molecule has 4 atom stereocenters. The third-order valence-electron chi connectivity index (χ3n) is 5.59. The Morgan fingerprint density at radius 2 is 1.72 bits per heavy atom. The summed E-state index contributed by atoms with van der Waals surface area (Å²) in [7, 11) is 0. The standard InChI is InChI=1S/C15H25NO2/c17-15(18)13-6-3-7-14(13)16-9-8-11-4-1-2-5-12(11)10-16/h11-14H,1-10H2,(H,17,18). The molecule has 2 aliphatic carbocycles. The monoisotopic (exact) mass is 251 g/mol. The lowest BCUT2D eigenvalue weighted by Gasteiger charge is -2.44. The van der Waals surface area contributed by atoms with Gasteiger partial charge in [0.2, 0.25) is 0 Å². The highest BCUT2D eigenvalue weighted by Crippen LogP contribution is 2.39. The van der Waals surface area contributed by atoms with Crippen LogP contribution in [0.5, 0.6) is 0 Å². The summed E-state index contributed by atoms with van der Waals surface area (Å²) >= 11 is 0. The van der Waals surface area contributed by atoms with Crippen LogP contribution in [0.2, 0.25) is 0 Å². The van der Waals surface area contributed by atoms with Crippen molar-refractivity contribution in [2.75, 3.05) is 13.1 Å². The summed E-state index contributed by atoms with van der Waals surface area (Å²) in [6, 6.07) is 0.338. The number of fused-ring (bicyclic) bond motifs is 1. The van der Waals surface area contributed by atoms with Crippen molar-refractivity contribution in [1.82, 2.24) is 4.90 Å². The van der Waals surface area contributed by atoms with E-state index in [4.69, 9.17) is 0 Å². The number of nitrogens with zero attached hydrogens (tertiary/aromatic N) is 1. The van der Waals surface area contributed by atoms with Crippen molar-refractivity contribution in [2.45, 2.75) is 57.4 Å². The lowest BCUT2D eigenvalue weighted by Crippen LogP contribution is -2.49. The molecule has 4 unspecified atom stereocenters. The van der Waals surface area contributed by atoms with E-state index in [0.717, 1.165) is 37.6 Å². The maximum Gasteiger partial charge on any atom is 0.308 e. The molecule has 1 saturated heterocycles. The number of carboxylic acid groups (broad SMARTS) is 1. The Labute approximate surface area is 110 Å². The summed E-state index contributed by atoms with van der Waals surface area (Å²) in [5, 5.41) is 9.32. The zero-order chi connectivity index (χ0) is 12.5. The predicted octanol–water partition coefficient (Wildman–Crippen LogP) is 2.75. The molecule has 0 aromatic heterocycles. The molecule has 0 amide bonds. The van der Waals surface area contributed by atoms with Crippen molar-refractivity contribution >= 4 is 5.97 Å². The van der Waals surface area contributed by atoms with Crippen molar-refractivity contribution < 1.29 is 9.90 Å². The van der Waals surface area contributed by atoms with Gasteiger partial charge >= 0.3 is 5.97 Å². The number of aliphatic carboxylic acids is 1. The average molecular weight is 251 g/mol. The Hall–Kier alpha value is -0.570. The van der Waals surface area contributed by atoms with E-state index < -0.39 is 5.97 Å². The minimum Gasteiger partial charge on any atom is -0.481 e. The Bertz CT molecular complexity index is 318. The highest BCUT2D eigenvalue weighted by Gasteiger charge is 2.40. The molecule has 3 rings (SSSR count). The molecule has 0 radical (unpaired) electrons. The van der Waals surface area contributed by atoms with Crippen molar-refractivity contribution in [2.24, 2.45) is 17.8 Å². The molecule has 3 fully saturated rings. The van der Waals surface area contributed by atoms with E-state index in [1.54, 1.807) is 0 Å². The van der Waals surface area contributed by atoms with Crippen molar-refractivity contribution in [3.63, 3.8) is 0 Å². The Morgan fingerprint density at radius 1 is 0.944 bits per heavy atom. The fraction of sp³-hybridized carbons (Fsp3) is 0.933. The zero-order valence-corrected chi connectivity index (χ0v) is 11.2. The molecule has 3 heteroatoms. The van der Waals surface area contributed by atoms with E-state index in [1.807, 2.05) is 0 Å². The van der Waals surface area contributed by atoms with E-state index in [2.05, 4.69) is 4.90 Å². The summed E-state index contributed by atoms with van der Waals surface area (Å²) < 4.78 is 0. The molecule has 3 nitrogen and oxygen atoms in total. The first kappa shape index (κ1) is 12.5. The highest BCUT2D eigenvalue weighted by atomic mass is 16.4. The van der Waals surface area contributed by atoms with Gasteiger partial charge in [-0.1, -0.05) is 25.7 Å². The minimum atomic E-state index is -0.566. The van der Waals surface area contributed by atoms with Gasteiger partial charge in [0.1, 0.15) is 0 Å². The van der Waals surface area contributed by atoms with Gasteiger partial charge in [0.25, 0.3) is 0 Å². The van der Waals surface area contributed by atoms with Crippen LogP contribution in [0.15, 0.2) is 0 Å². The van der Waals surface area contributed by atoms with E-state index in [0.29, 0.717) is 6.04 Å². The average Bonchev–Trinajstić information content (AvgIpc) is 2.87. The summed E-state index contributed by atoms with van der Waals surface area (Å²) in [5.74, 6) is 1.15. The quantitative estimate of drug-likeness (QED) is 0.820. The minimum absolute atomic E-state index is 0.0925. The molecule has 1 N–H and O–H groups in total. The van der Waals surface area contributed by atoms with Gasteiger partial charge in [-0.3, -0.25) is 9.69 Å². The zero-order valence-electron chi connectivity index (χ0n) is 11.2. The van der Waals surface area contributed by atoms with E-state index in [9.17, 15) is 9.90 Å². The number of carboxylic acids is 1. The summed E-state index contributed by atoms with van der Waals surface area (Å²) in [6.45, 7) is 2.33. The Morgan fingerprint density at radius 3 is 2.50 bits per heavy atom. The van der Waals surface area contributed by atoms with Crippen LogP contribution in [0.3, 0.4) is 0 Å². The number of rotatable bonds is 2. The molecule has 0 spiro atoms. The largest absolute Gasteiger partial charge is 0.481 e. The Kier molecular flexibility index (Phi) is 3.60. The maximum atomic E-state index is 11.3. The Balaban J connectivity index is 1.64. The normalized spacial score (nSPS) is 41.6. The molecule has 102 valence electrons. The second-order valence-corrected chi connectivity index (χ2v) is 6.53. The molecule has 1 aliphatic heterocycles. The van der Waals surface area contributed by atoms with Crippen LogP contribution in [0.1, 0.15) is 51.4 Å². The number of likely N-dealkylation sites (tertiary alicyclic amines) is 1. The van der Waals surface area contributed by atoms with Crippen LogP contribution >= 0.6 is 0 Å². The van der Waals surface area contributed by atoms with Gasteiger partial charge in [0, 0.05) is 12.6 Å². The van der Waals surface area contributed by atoms with Gasteiger partial charge in [-0.25, -0.2) is 0 Å². The number of hydrogen-bond donors (Lipinski definition) is 1. The summed E-state index contributed by atoms with van der Waals surface area (Å²) in [5.41, 5.74) is 0. The maximum absolute atomic E-state index is 11.3. The van der Waals surface area contributed by atoms with Crippen molar-refractivity contribution in [1.29, 1.82) is 0 Å². The molecule has 2 saturated carbocycles. The molecule has 1 heterocycles. The third-order valence-corrected chi connectivity index (χ3v) is 5.59. The van der Waals surface area contributed by atoms with E-state index >= 15 is 0 Å². The van der Waals surface area contributed by atoms with Crippen LogP contribution < -0.4 is 0 Å². The first-order valence-corrected chi connectivity index (χ1v) is 7.72. The first-order valence-electron chi connectivity index (χ1n) is 7.72. The van der Waals surface area contributed by atoms with Crippen LogP contribution in [0.25, 0.3) is 0 Å². The predicted molar refractivity (Wildman–Crippen MR) is 70.4 cm³/mol. The fourth-order valence-corrected chi connectivity index (χ4v) is 4.60. The van der Waals surface area contributed by atoms with Gasteiger partial charge in [0.15, 0.2) is 0 Å². The lowest BCUT2D eigenvalue weighted by atomic mass is 9.74. The first-order chi connectivity index (χ1) is 8.75. The van der Waals surface area contributed by atoms with Crippen LogP contribution in [0.4, 0.5) is 0 Å². The fourth-order valence-electron chi connectivity index (χ4n) is 4.60. The second-order valence-electron chi connectivity index (χ2n) is 6.53. The smallest absolute Gasteiger partial charge is 0.308 e. The van der Waals surface area contributed by atoms with E-state index in [-0.39, 0.29) is 5.92 Å². The van der Waals surface area contributed by atoms with Crippen molar-refractivity contribution in [3.05, 3.63) is 0 Å². The van der Waals surface area contributed by atoms with Gasteiger partial charge in [-0.2, -0.15) is 0 Å². The van der Waals surface area contributed by atoms with E-state index in [1.165, 1.54) is 38.6 Å². The molecule has 0 bridgehead atoms. The molecule has 3 aliphatic rings. The van der Waals surface area contributed by atoms with Gasteiger partial charge < -0.3 is 5.11 Å². The second kappa shape index (κ2) is 5.20. The number of hydrogen-bond acceptors (Lipinski definition) is 2. The third kappa shape index (κ3) is 2.29. The molecular weight excluding hydrogens is 226 g/mol. The molecule has 18 heavy (non-hydrogen) atoms. The lowest BCUT2D eigenvalue weighted by molar-refractivity contribution is -0.143. The summed E-state index contributed by atoms with van der Waals surface area (Å²) in [6.07, 6.45) is 10.0. The molecular formula is C15H25NO2. The van der Waals surface area contributed by atoms with Crippen LogP contribution in [0, 0.1) is 17.8 Å². The SMILES string of the molecule is O=C(O)C1CCCC1N1CCC2CCCCC2C1.